The molecule has 0 saturated heterocycles. The van der Waals surface area contributed by atoms with E-state index in [-0.39, 0.29) is 24.2 Å². The lowest BCUT2D eigenvalue weighted by atomic mass is 9.65. The van der Waals surface area contributed by atoms with E-state index in [2.05, 4.69) is 0 Å². The number of alkyl halides is 2. The summed E-state index contributed by atoms with van der Waals surface area (Å²) in [6.07, 6.45) is 6.94. The average Bonchev–Trinajstić information content (AvgIpc) is 2.16. The van der Waals surface area contributed by atoms with E-state index in [0.717, 1.165) is 32.0 Å². The minimum absolute atomic E-state index is 0.00257. The zero-order valence-corrected chi connectivity index (χ0v) is 8.98. The molecule has 2 fully saturated rings. The first-order valence-electron chi connectivity index (χ1n) is 5.89. The molecule has 0 atom stereocenters. The normalized spacial score (nSPS) is 29.5. The molecule has 0 N–H and O–H groups in total. The fourth-order valence-electron chi connectivity index (χ4n) is 3.13. The third kappa shape index (κ3) is 2.37. The monoisotopic (exact) mass is 216 g/mol. The number of carbonyl (C=O) groups is 1. The molecule has 0 spiro atoms. The van der Waals surface area contributed by atoms with E-state index in [1.807, 2.05) is 0 Å². The highest BCUT2D eigenvalue weighted by molar-refractivity contribution is 5.59. The van der Waals surface area contributed by atoms with E-state index in [9.17, 15) is 13.6 Å². The Hall–Kier alpha value is -0.470. The Morgan fingerprint density at radius 2 is 1.73 bits per heavy atom. The summed E-state index contributed by atoms with van der Waals surface area (Å²) in [5, 5.41) is 0. The van der Waals surface area contributed by atoms with Crippen LogP contribution in [0.25, 0.3) is 0 Å². The minimum Gasteiger partial charge on any atom is -0.303 e. The van der Waals surface area contributed by atoms with Crippen molar-refractivity contribution in [2.24, 2.45) is 11.3 Å². The Bertz CT molecular complexity index is 236. The van der Waals surface area contributed by atoms with E-state index in [0.29, 0.717) is 6.42 Å². The third-order valence-corrected chi connectivity index (χ3v) is 3.97. The van der Waals surface area contributed by atoms with Crippen molar-refractivity contribution < 1.29 is 13.6 Å². The summed E-state index contributed by atoms with van der Waals surface area (Å²) in [7, 11) is 0. The SMILES string of the molecule is O=CC1(CC2CC(F)(F)C2)CCCCC1. The van der Waals surface area contributed by atoms with Crippen LogP contribution in [0.15, 0.2) is 0 Å². The molecule has 2 aliphatic rings. The molecule has 0 aliphatic heterocycles. The van der Waals surface area contributed by atoms with E-state index < -0.39 is 5.92 Å². The molecular formula is C12H18F2O. The van der Waals surface area contributed by atoms with E-state index >= 15 is 0 Å². The van der Waals surface area contributed by atoms with Crippen LogP contribution in [0.1, 0.15) is 51.4 Å². The summed E-state index contributed by atoms with van der Waals surface area (Å²) in [6, 6.07) is 0. The zero-order chi connectivity index (χ0) is 10.9. The summed E-state index contributed by atoms with van der Waals surface area (Å²) in [6.45, 7) is 0. The second-order valence-electron chi connectivity index (χ2n) is 5.38. The van der Waals surface area contributed by atoms with Gasteiger partial charge in [0.2, 0.25) is 5.92 Å². The van der Waals surface area contributed by atoms with Crippen LogP contribution in [0.3, 0.4) is 0 Å². The summed E-state index contributed by atoms with van der Waals surface area (Å²) in [5.74, 6) is -2.35. The highest BCUT2D eigenvalue weighted by Gasteiger charge is 2.48. The Morgan fingerprint density at radius 1 is 1.13 bits per heavy atom. The van der Waals surface area contributed by atoms with Gasteiger partial charge in [0.1, 0.15) is 6.29 Å². The molecule has 86 valence electrons. The lowest BCUT2D eigenvalue weighted by molar-refractivity contribution is -0.134. The van der Waals surface area contributed by atoms with Gasteiger partial charge < -0.3 is 4.79 Å². The number of rotatable bonds is 3. The fraction of sp³-hybridized carbons (Fsp3) is 0.917. The number of hydrogen-bond donors (Lipinski definition) is 0. The Kier molecular flexibility index (Phi) is 2.82. The largest absolute Gasteiger partial charge is 0.303 e. The number of aldehydes is 1. The number of hydrogen-bond acceptors (Lipinski definition) is 1. The van der Waals surface area contributed by atoms with Crippen LogP contribution in [0.2, 0.25) is 0 Å². The van der Waals surface area contributed by atoms with Crippen LogP contribution in [0.4, 0.5) is 8.78 Å². The fourth-order valence-corrected chi connectivity index (χ4v) is 3.13. The molecule has 0 amide bonds. The van der Waals surface area contributed by atoms with Gasteiger partial charge in [-0.3, -0.25) is 0 Å². The zero-order valence-electron chi connectivity index (χ0n) is 8.98. The van der Waals surface area contributed by atoms with Gasteiger partial charge >= 0.3 is 0 Å². The van der Waals surface area contributed by atoms with Gasteiger partial charge in [0.25, 0.3) is 0 Å². The van der Waals surface area contributed by atoms with Crippen molar-refractivity contribution in [3.8, 4) is 0 Å². The second-order valence-corrected chi connectivity index (χ2v) is 5.38. The standard InChI is InChI=1S/C12H18F2O/c13-12(14)7-10(8-12)6-11(9-15)4-2-1-3-5-11/h9-10H,1-8H2. The summed E-state index contributed by atoms with van der Waals surface area (Å²) in [4.78, 5) is 11.1. The average molecular weight is 216 g/mol. The molecule has 15 heavy (non-hydrogen) atoms. The first kappa shape index (κ1) is 11.0. The van der Waals surface area contributed by atoms with Crippen molar-refractivity contribution in [2.45, 2.75) is 57.3 Å². The van der Waals surface area contributed by atoms with Gasteiger partial charge in [-0.25, -0.2) is 8.78 Å². The van der Waals surface area contributed by atoms with E-state index in [1.54, 1.807) is 0 Å². The Morgan fingerprint density at radius 3 is 2.20 bits per heavy atom. The maximum atomic E-state index is 12.7. The van der Waals surface area contributed by atoms with Gasteiger partial charge in [-0.2, -0.15) is 0 Å². The molecule has 2 aliphatic carbocycles. The van der Waals surface area contributed by atoms with Gasteiger partial charge in [0.05, 0.1) is 0 Å². The van der Waals surface area contributed by atoms with Gasteiger partial charge in [-0.15, -0.1) is 0 Å². The Labute approximate surface area is 89.2 Å². The maximum absolute atomic E-state index is 12.7. The molecule has 0 heterocycles. The smallest absolute Gasteiger partial charge is 0.248 e. The quantitative estimate of drug-likeness (QED) is 0.659. The molecule has 0 aromatic heterocycles. The highest BCUT2D eigenvalue weighted by Crippen LogP contribution is 2.50. The van der Waals surface area contributed by atoms with Gasteiger partial charge in [0.15, 0.2) is 0 Å². The van der Waals surface area contributed by atoms with Crippen LogP contribution in [0, 0.1) is 11.3 Å². The van der Waals surface area contributed by atoms with Crippen LogP contribution >= 0.6 is 0 Å². The Balaban J connectivity index is 1.88. The first-order chi connectivity index (χ1) is 7.05. The summed E-state index contributed by atoms with van der Waals surface area (Å²) < 4.78 is 25.4. The van der Waals surface area contributed by atoms with Crippen LogP contribution in [-0.4, -0.2) is 12.2 Å². The van der Waals surface area contributed by atoms with Gasteiger partial charge in [-0.1, -0.05) is 19.3 Å². The molecule has 1 nitrogen and oxygen atoms in total. The van der Waals surface area contributed by atoms with Gasteiger partial charge in [0, 0.05) is 18.3 Å². The highest BCUT2D eigenvalue weighted by atomic mass is 19.3. The lowest BCUT2D eigenvalue weighted by Gasteiger charge is -2.41. The molecule has 2 rings (SSSR count). The molecule has 0 bridgehead atoms. The van der Waals surface area contributed by atoms with Crippen LogP contribution in [0.5, 0.6) is 0 Å². The van der Waals surface area contributed by atoms with E-state index in [4.69, 9.17) is 0 Å². The van der Waals surface area contributed by atoms with Crippen molar-refractivity contribution in [3.63, 3.8) is 0 Å². The predicted molar refractivity (Wildman–Crippen MR) is 53.9 cm³/mol. The lowest BCUT2D eigenvalue weighted by Crippen LogP contribution is -2.40. The molecule has 0 radical (unpaired) electrons. The van der Waals surface area contributed by atoms with Crippen molar-refractivity contribution in [1.82, 2.24) is 0 Å². The van der Waals surface area contributed by atoms with Crippen molar-refractivity contribution in [2.75, 3.05) is 0 Å². The molecule has 3 heteroatoms. The van der Waals surface area contributed by atoms with Gasteiger partial charge in [-0.05, 0) is 25.2 Å². The summed E-state index contributed by atoms with van der Waals surface area (Å²) in [5.41, 5.74) is -0.251. The van der Waals surface area contributed by atoms with Crippen molar-refractivity contribution >= 4 is 6.29 Å². The first-order valence-corrected chi connectivity index (χ1v) is 5.89. The third-order valence-electron chi connectivity index (χ3n) is 3.97. The number of carbonyl (C=O) groups excluding carboxylic acids is 1. The van der Waals surface area contributed by atoms with Crippen LogP contribution < -0.4 is 0 Å². The topological polar surface area (TPSA) is 17.1 Å². The summed E-state index contributed by atoms with van der Waals surface area (Å²) >= 11 is 0. The number of halogens is 2. The molecule has 0 unspecified atom stereocenters. The van der Waals surface area contributed by atoms with Crippen molar-refractivity contribution in [3.05, 3.63) is 0 Å². The maximum Gasteiger partial charge on any atom is 0.248 e. The van der Waals surface area contributed by atoms with Crippen LogP contribution in [-0.2, 0) is 4.79 Å². The second kappa shape index (κ2) is 3.84. The minimum atomic E-state index is -2.44. The molecule has 0 aromatic carbocycles. The van der Waals surface area contributed by atoms with E-state index in [1.165, 1.54) is 6.42 Å². The molecule has 0 aromatic rings. The predicted octanol–water partition coefficient (Wildman–Crippen LogP) is 3.57. The molecular weight excluding hydrogens is 198 g/mol. The molecule has 2 saturated carbocycles. The van der Waals surface area contributed by atoms with Crippen molar-refractivity contribution in [1.29, 1.82) is 0 Å².